The number of morpholine rings is 1. The molecule has 148 valence electrons. The molecule has 1 aliphatic carbocycles. The second-order valence-electron chi connectivity index (χ2n) is 6.85. The smallest absolute Gasteiger partial charge is 0.309 e. The van der Waals surface area contributed by atoms with Crippen molar-refractivity contribution in [2.75, 3.05) is 32.9 Å². The minimum atomic E-state index is -3.62. The van der Waals surface area contributed by atoms with Crippen LogP contribution in [0.3, 0.4) is 0 Å². The van der Waals surface area contributed by atoms with E-state index < -0.39 is 32.9 Å². The number of ether oxygens (including phenoxy) is 2. The summed E-state index contributed by atoms with van der Waals surface area (Å²) in [6.45, 7) is 3.72. The zero-order valence-corrected chi connectivity index (χ0v) is 16.2. The second kappa shape index (κ2) is 8.39. The summed E-state index contributed by atoms with van der Waals surface area (Å²) in [7, 11) is -3.62. The molecule has 0 aromatic heterocycles. The van der Waals surface area contributed by atoms with Gasteiger partial charge in [0.05, 0.1) is 41.8 Å². The molecule has 0 bridgehead atoms. The molecular weight excluding hydrogens is 370 g/mol. The second-order valence-corrected chi connectivity index (χ2v) is 9.08. The average molecular weight is 395 g/mol. The minimum Gasteiger partial charge on any atom is -0.466 e. The van der Waals surface area contributed by atoms with Crippen LogP contribution in [0.1, 0.15) is 19.8 Å². The maximum atomic E-state index is 13.0. The Morgan fingerprint density at radius 2 is 1.74 bits per heavy atom. The first-order valence-corrected chi connectivity index (χ1v) is 10.8. The summed E-state index contributed by atoms with van der Waals surface area (Å²) < 4.78 is 36.4. The highest BCUT2D eigenvalue weighted by Crippen LogP contribution is 2.40. The van der Waals surface area contributed by atoms with Gasteiger partial charge in [0.2, 0.25) is 5.91 Å². The number of esters is 1. The Kier molecular flexibility index (Phi) is 6.16. The van der Waals surface area contributed by atoms with Crippen molar-refractivity contribution < 1.29 is 27.5 Å². The highest BCUT2D eigenvalue weighted by Gasteiger charge is 2.49. The van der Waals surface area contributed by atoms with Gasteiger partial charge in [-0.2, -0.15) is 0 Å². The predicted octanol–water partition coefficient (Wildman–Crippen LogP) is 1.28. The summed E-state index contributed by atoms with van der Waals surface area (Å²) >= 11 is 0. The highest BCUT2D eigenvalue weighted by atomic mass is 32.2. The Morgan fingerprint density at radius 3 is 2.37 bits per heavy atom. The van der Waals surface area contributed by atoms with Crippen LogP contribution in [0, 0.1) is 11.8 Å². The summed E-state index contributed by atoms with van der Waals surface area (Å²) in [5.41, 5.74) is 0. The van der Waals surface area contributed by atoms with Gasteiger partial charge in [-0.05, 0) is 31.9 Å². The van der Waals surface area contributed by atoms with Crippen molar-refractivity contribution in [1.29, 1.82) is 0 Å². The summed E-state index contributed by atoms with van der Waals surface area (Å²) in [6.07, 6.45) is 0.244. The topological polar surface area (TPSA) is 90.0 Å². The van der Waals surface area contributed by atoms with Gasteiger partial charge in [0.1, 0.15) is 0 Å². The van der Waals surface area contributed by atoms with Crippen LogP contribution in [0.5, 0.6) is 0 Å². The van der Waals surface area contributed by atoms with Crippen LogP contribution in [0.15, 0.2) is 35.2 Å². The molecule has 1 heterocycles. The molecular formula is C19H25NO6S. The van der Waals surface area contributed by atoms with E-state index in [2.05, 4.69) is 0 Å². The lowest BCUT2D eigenvalue weighted by Crippen LogP contribution is -2.45. The summed E-state index contributed by atoms with van der Waals surface area (Å²) in [6, 6.07) is 8.18. The molecule has 1 saturated heterocycles. The van der Waals surface area contributed by atoms with E-state index >= 15 is 0 Å². The standard InChI is InChI=1S/C19H25NO6S/c1-2-26-19(22)17-13-15(27(23,24)14-6-4-3-5-7-14)12-16(17)18(21)20-8-10-25-11-9-20/h3-7,15-17H,2,8-13H2,1H3/t15-,16+,17+/m0/s1. The molecule has 8 heteroatoms. The number of carbonyl (C=O) groups is 2. The van der Waals surface area contributed by atoms with Crippen molar-refractivity contribution >= 4 is 21.7 Å². The monoisotopic (exact) mass is 395 g/mol. The lowest BCUT2D eigenvalue weighted by molar-refractivity contribution is -0.154. The number of amides is 1. The van der Waals surface area contributed by atoms with Crippen molar-refractivity contribution in [3.05, 3.63) is 30.3 Å². The van der Waals surface area contributed by atoms with Crippen LogP contribution in [0.4, 0.5) is 0 Å². The van der Waals surface area contributed by atoms with Gasteiger partial charge in [-0.1, -0.05) is 18.2 Å². The molecule has 2 fully saturated rings. The Hall–Kier alpha value is -1.93. The van der Waals surface area contributed by atoms with Crippen molar-refractivity contribution in [2.45, 2.75) is 29.9 Å². The average Bonchev–Trinajstić information content (AvgIpc) is 3.15. The zero-order chi connectivity index (χ0) is 19.4. The summed E-state index contributed by atoms with van der Waals surface area (Å²) in [4.78, 5) is 27.3. The fraction of sp³-hybridized carbons (Fsp3) is 0.579. The van der Waals surface area contributed by atoms with Crippen LogP contribution in [-0.4, -0.2) is 63.4 Å². The molecule has 0 N–H and O–H groups in total. The van der Waals surface area contributed by atoms with E-state index in [0.29, 0.717) is 26.3 Å². The summed E-state index contributed by atoms with van der Waals surface area (Å²) in [5.74, 6) is -2.08. The third-order valence-corrected chi connectivity index (χ3v) is 7.45. The van der Waals surface area contributed by atoms with Crippen molar-refractivity contribution in [1.82, 2.24) is 4.90 Å². The van der Waals surface area contributed by atoms with E-state index in [1.54, 1.807) is 42.2 Å². The van der Waals surface area contributed by atoms with Gasteiger partial charge >= 0.3 is 5.97 Å². The quantitative estimate of drug-likeness (QED) is 0.698. The number of benzene rings is 1. The van der Waals surface area contributed by atoms with Gasteiger partial charge in [0.15, 0.2) is 9.84 Å². The highest BCUT2D eigenvalue weighted by molar-refractivity contribution is 7.92. The minimum absolute atomic E-state index is 0.108. The van der Waals surface area contributed by atoms with Gasteiger partial charge in [-0.15, -0.1) is 0 Å². The molecule has 3 rings (SSSR count). The van der Waals surface area contributed by atoms with E-state index in [1.807, 2.05) is 0 Å². The molecule has 0 radical (unpaired) electrons. The van der Waals surface area contributed by atoms with E-state index in [-0.39, 0.29) is 30.3 Å². The van der Waals surface area contributed by atoms with Gasteiger partial charge < -0.3 is 14.4 Å². The van der Waals surface area contributed by atoms with Crippen LogP contribution < -0.4 is 0 Å². The first-order valence-electron chi connectivity index (χ1n) is 9.27. The number of nitrogens with zero attached hydrogens (tertiary/aromatic N) is 1. The van der Waals surface area contributed by atoms with E-state index in [0.717, 1.165) is 0 Å². The molecule has 1 aliphatic heterocycles. The number of hydrogen-bond acceptors (Lipinski definition) is 6. The Balaban J connectivity index is 1.85. The van der Waals surface area contributed by atoms with E-state index in [4.69, 9.17) is 9.47 Å². The zero-order valence-electron chi connectivity index (χ0n) is 15.4. The Bertz CT molecular complexity index is 773. The van der Waals surface area contributed by atoms with Crippen molar-refractivity contribution in [2.24, 2.45) is 11.8 Å². The van der Waals surface area contributed by atoms with Crippen LogP contribution >= 0.6 is 0 Å². The molecule has 3 atom stereocenters. The molecule has 1 aromatic rings. The number of hydrogen-bond donors (Lipinski definition) is 0. The molecule has 27 heavy (non-hydrogen) atoms. The number of rotatable bonds is 5. The molecule has 0 unspecified atom stereocenters. The molecule has 7 nitrogen and oxygen atoms in total. The normalized spacial score (nSPS) is 26.0. The molecule has 1 saturated carbocycles. The van der Waals surface area contributed by atoms with Gasteiger partial charge in [0, 0.05) is 13.1 Å². The number of carbonyl (C=O) groups excluding carboxylic acids is 2. The maximum Gasteiger partial charge on any atom is 0.309 e. The van der Waals surface area contributed by atoms with Crippen molar-refractivity contribution in [3.8, 4) is 0 Å². The summed E-state index contributed by atoms with van der Waals surface area (Å²) in [5, 5.41) is -0.774. The van der Waals surface area contributed by atoms with Gasteiger partial charge in [0.25, 0.3) is 0 Å². The van der Waals surface area contributed by atoms with Crippen molar-refractivity contribution in [3.63, 3.8) is 0 Å². The number of sulfone groups is 1. The largest absolute Gasteiger partial charge is 0.466 e. The Morgan fingerprint density at radius 1 is 1.11 bits per heavy atom. The van der Waals surface area contributed by atoms with Crippen LogP contribution in [0.2, 0.25) is 0 Å². The van der Waals surface area contributed by atoms with Gasteiger partial charge in [-0.25, -0.2) is 8.42 Å². The molecule has 1 aromatic carbocycles. The first kappa shape index (κ1) is 19.8. The lowest BCUT2D eigenvalue weighted by Gasteiger charge is -2.30. The van der Waals surface area contributed by atoms with Crippen LogP contribution in [0.25, 0.3) is 0 Å². The fourth-order valence-corrected chi connectivity index (χ4v) is 5.69. The molecule has 2 aliphatic rings. The maximum absolute atomic E-state index is 13.0. The SMILES string of the molecule is CCOC(=O)[C@@H]1C[C@@H](S(=O)(=O)c2ccccc2)C[C@H]1C(=O)N1CCOCC1. The first-order chi connectivity index (χ1) is 12.9. The van der Waals surface area contributed by atoms with E-state index in [9.17, 15) is 18.0 Å². The third kappa shape index (κ3) is 4.16. The van der Waals surface area contributed by atoms with Gasteiger partial charge in [-0.3, -0.25) is 9.59 Å². The van der Waals surface area contributed by atoms with E-state index in [1.165, 1.54) is 0 Å². The molecule has 0 spiro atoms. The predicted molar refractivity (Wildman–Crippen MR) is 97.7 cm³/mol. The lowest BCUT2D eigenvalue weighted by atomic mass is 9.94. The molecule has 1 amide bonds. The van der Waals surface area contributed by atoms with Crippen LogP contribution in [-0.2, 0) is 28.9 Å². The Labute approximate surface area is 159 Å². The third-order valence-electron chi connectivity index (χ3n) is 5.26. The fourth-order valence-electron chi connectivity index (χ4n) is 3.85.